The minimum absolute atomic E-state index is 0.00990. The number of benzene rings is 1. The Bertz CT molecular complexity index is 1600. The molecule has 2 aliphatic rings. The Hall–Kier alpha value is -3.11. The number of pyridine rings is 1. The van der Waals surface area contributed by atoms with Crippen LogP contribution in [0.1, 0.15) is 33.6 Å². The molecule has 4 N–H and O–H groups in total. The predicted octanol–water partition coefficient (Wildman–Crippen LogP) is 4.66. The van der Waals surface area contributed by atoms with Gasteiger partial charge in [0, 0.05) is 44.9 Å². The molecule has 2 aliphatic heterocycles. The first kappa shape index (κ1) is 37.7. The number of alkyl carbamates (subject to hydrolysis) is 1. The van der Waals surface area contributed by atoms with E-state index < -0.39 is 47.0 Å². The van der Waals surface area contributed by atoms with Crippen LogP contribution in [0.2, 0.25) is 10.0 Å². The minimum atomic E-state index is -1.20. The van der Waals surface area contributed by atoms with Gasteiger partial charge in [-0.1, -0.05) is 23.2 Å². The van der Waals surface area contributed by atoms with Crippen LogP contribution in [-0.2, 0) is 30.5 Å². The fourth-order valence-electron chi connectivity index (χ4n) is 4.79. The lowest BCUT2D eigenvalue weighted by atomic mass is 10.0. The zero-order chi connectivity index (χ0) is 35.2. The number of hydrogen-bond acceptors (Lipinski definition) is 9. The third kappa shape index (κ3) is 10.2. The molecule has 0 spiro atoms. The summed E-state index contributed by atoms with van der Waals surface area (Å²) in [5.41, 5.74) is -0.191. The molecule has 48 heavy (non-hydrogen) atoms. The maximum absolute atomic E-state index is 13.0. The van der Waals surface area contributed by atoms with Crippen molar-refractivity contribution < 1.29 is 43.5 Å². The summed E-state index contributed by atoms with van der Waals surface area (Å²) in [6, 6.07) is 6.76. The molecule has 1 aromatic carbocycles. The molecule has 3 heterocycles. The fraction of sp³-hybridized carbons (Fsp3) is 0.419. The molecule has 3 amide bonds. The van der Waals surface area contributed by atoms with Crippen molar-refractivity contribution in [1.82, 2.24) is 15.5 Å². The van der Waals surface area contributed by atoms with Crippen LogP contribution >= 0.6 is 58.5 Å². The molecule has 0 saturated carbocycles. The van der Waals surface area contributed by atoms with E-state index in [0.29, 0.717) is 45.0 Å². The number of carbonyl (C=O) groups is 5. The fourth-order valence-corrected chi connectivity index (χ4v) is 8.46. The first-order chi connectivity index (χ1) is 22.6. The number of halogens is 2. The number of nitrogens with one attached hydrogen (secondary N) is 2. The first-order valence-corrected chi connectivity index (χ1v) is 18.5. The average Bonchev–Trinajstić information content (AvgIpc) is 3.01. The highest BCUT2D eigenvalue weighted by Crippen LogP contribution is 2.41. The van der Waals surface area contributed by atoms with Gasteiger partial charge in [-0.2, -0.15) is 0 Å². The van der Waals surface area contributed by atoms with Crippen molar-refractivity contribution in [3.8, 4) is 0 Å². The van der Waals surface area contributed by atoms with Crippen molar-refractivity contribution in [3.05, 3.63) is 64.0 Å². The smallest absolute Gasteiger partial charge is 0.408 e. The van der Waals surface area contributed by atoms with Gasteiger partial charge in [-0.3, -0.25) is 14.5 Å². The number of thioether (sulfide) groups is 3. The number of β-lactam (4-membered cyclic amide) rings is 1. The number of carbonyl (C=O) groups excluding carboxylic acids is 3. The lowest BCUT2D eigenvalue weighted by Gasteiger charge is -2.49. The third-order valence-corrected chi connectivity index (χ3v) is 11.2. The zero-order valence-electron chi connectivity index (χ0n) is 26.2. The van der Waals surface area contributed by atoms with Gasteiger partial charge in [0.25, 0.3) is 5.91 Å². The highest BCUT2D eigenvalue weighted by Gasteiger charge is 2.54. The van der Waals surface area contributed by atoms with Gasteiger partial charge in [0.05, 0.1) is 10.8 Å². The highest BCUT2D eigenvalue weighted by atomic mass is 35.5. The number of nitrogens with zero attached hydrogens (tertiary/aromatic N) is 2. The Labute approximate surface area is 300 Å². The van der Waals surface area contributed by atoms with Gasteiger partial charge in [0.15, 0.2) is 12.4 Å². The molecule has 0 aliphatic carbocycles. The molecule has 4 rings (SSSR count). The summed E-state index contributed by atoms with van der Waals surface area (Å²) in [6.07, 6.45) is 3.58. The first-order valence-electron chi connectivity index (χ1n) is 14.7. The summed E-state index contributed by atoms with van der Waals surface area (Å²) < 4.78 is 7.03. The third-order valence-electron chi connectivity index (χ3n) is 6.99. The molecule has 2 aromatic rings. The van der Waals surface area contributed by atoms with E-state index in [1.807, 2.05) is 29.1 Å². The maximum Gasteiger partial charge on any atom is 0.408 e. The number of hydrogen-bond donors (Lipinski definition) is 4. The number of amides is 3. The Balaban J connectivity index is 1.27. The summed E-state index contributed by atoms with van der Waals surface area (Å²) in [6.45, 7) is 5.60. The lowest BCUT2D eigenvalue weighted by Crippen LogP contribution is -2.70. The Morgan fingerprint density at radius 2 is 1.83 bits per heavy atom. The normalized spacial score (nSPS) is 18.0. The van der Waals surface area contributed by atoms with Crippen LogP contribution < -0.4 is 15.2 Å². The van der Waals surface area contributed by atoms with E-state index >= 15 is 0 Å². The number of rotatable bonds is 14. The van der Waals surface area contributed by atoms with Gasteiger partial charge >= 0.3 is 18.0 Å². The molecular weight excluding hydrogens is 723 g/mol. The van der Waals surface area contributed by atoms with Crippen LogP contribution in [0.4, 0.5) is 4.79 Å². The van der Waals surface area contributed by atoms with E-state index in [1.165, 1.54) is 40.2 Å². The van der Waals surface area contributed by atoms with Crippen molar-refractivity contribution in [3.63, 3.8) is 0 Å². The van der Waals surface area contributed by atoms with Gasteiger partial charge in [0.1, 0.15) is 35.3 Å². The topological polar surface area (TPSA) is 166 Å². The van der Waals surface area contributed by atoms with Crippen LogP contribution in [0.3, 0.4) is 0 Å². The van der Waals surface area contributed by atoms with Crippen molar-refractivity contribution in [2.45, 2.75) is 73.0 Å². The number of fused-ring (bicyclic) bond motifs is 1. The average molecular weight is 759 g/mol. The molecule has 1 saturated heterocycles. The van der Waals surface area contributed by atoms with Crippen molar-refractivity contribution in [1.29, 1.82) is 0 Å². The molecule has 1 fully saturated rings. The number of aromatic nitrogens is 1. The second-order valence-corrected chi connectivity index (χ2v) is 15.8. The standard InChI is InChI=1S/C31H34Cl2N4O8S3/c1-31(2,3)45-30(44)34-21(28(40)41)5-4-10-36-11-8-19(9-12-36)46-14-17-15-48-27-24(26(39)37(27)25(17)29(42)43)35-23(38)16-47-22-13-18(32)6-7-20(22)33/h6-9,11-13,21,24,27H,4-5,10,14-16H2,1-3H3,(H3-,34,35,38,40,41,42,43,44)/p+1/t21-,24+,27+/m0/s1. The van der Waals surface area contributed by atoms with Crippen LogP contribution in [-0.4, -0.2) is 85.3 Å². The molecule has 3 atom stereocenters. The van der Waals surface area contributed by atoms with E-state index in [1.54, 1.807) is 39.0 Å². The number of aryl methyl sites for hydroxylation is 1. The maximum atomic E-state index is 13.0. The van der Waals surface area contributed by atoms with Crippen LogP contribution in [0.25, 0.3) is 0 Å². The van der Waals surface area contributed by atoms with Crippen molar-refractivity contribution in [2.24, 2.45) is 0 Å². The van der Waals surface area contributed by atoms with Gasteiger partial charge in [0.2, 0.25) is 5.91 Å². The quantitative estimate of drug-likeness (QED) is 0.120. The molecule has 12 nitrogen and oxygen atoms in total. The molecule has 258 valence electrons. The summed E-state index contributed by atoms with van der Waals surface area (Å²) in [7, 11) is 0. The predicted molar refractivity (Wildman–Crippen MR) is 184 cm³/mol. The van der Waals surface area contributed by atoms with Crippen molar-refractivity contribution in [2.75, 3.05) is 17.3 Å². The zero-order valence-corrected chi connectivity index (χ0v) is 30.2. The summed E-state index contributed by atoms with van der Waals surface area (Å²) in [4.78, 5) is 64.3. The Kier molecular flexibility index (Phi) is 13.0. The van der Waals surface area contributed by atoms with E-state index in [4.69, 9.17) is 27.9 Å². The second-order valence-electron chi connectivity index (χ2n) is 11.8. The molecule has 0 unspecified atom stereocenters. The molecular formula is C31H35Cl2N4O8S3+. The second kappa shape index (κ2) is 16.5. The molecule has 1 aromatic heterocycles. The van der Waals surface area contributed by atoms with E-state index in [-0.39, 0.29) is 23.8 Å². The van der Waals surface area contributed by atoms with Crippen LogP contribution in [0.15, 0.2) is 63.8 Å². The van der Waals surface area contributed by atoms with Gasteiger partial charge in [-0.15, -0.1) is 35.3 Å². The van der Waals surface area contributed by atoms with E-state index in [9.17, 15) is 34.2 Å². The molecule has 0 radical (unpaired) electrons. The monoisotopic (exact) mass is 757 g/mol. The number of aliphatic carboxylic acids is 2. The molecule has 17 heteroatoms. The summed E-state index contributed by atoms with van der Waals surface area (Å²) >= 11 is 16.2. The van der Waals surface area contributed by atoms with Crippen LogP contribution in [0, 0.1) is 0 Å². The van der Waals surface area contributed by atoms with Crippen molar-refractivity contribution >= 4 is 88.3 Å². The summed E-state index contributed by atoms with van der Waals surface area (Å²) in [5.74, 6) is -2.45. The summed E-state index contributed by atoms with van der Waals surface area (Å²) in [5, 5.41) is 25.0. The van der Waals surface area contributed by atoms with Gasteiger partial charge < -0.3 is 25.6 Å². The Morgan fingerprint density at radius 1 is 1.12 bits per heavy atom. The molecule has 0 bridgehead atoms. The minimum Gasteiger partial charge on any atom is -0.480 e. The lowest BCUT2D eigenvalue weighted by molar-refractivity contribution is -0.697. The van der Waals surface area contributed by atoms with Gasteiger partial charge in [-0.25, -0.2) is 19.0 Å². The van der Waals surface area contributed by atoms with E-state index in [0.717, 1.165) is 4.90 Å². The number of carboxylic acid groups (broad SMARTS) is 2. The highest BCUT2D eigenvalue weighted by molar-refractivity contribution is 8.01. The number of ether oxygens (including phenoxy) is 1. The number of carboxylic acids is 2. The van der Waals surface area contributed by atoms with Crippen LogP contribution in [0.5, 0.6) is 0 Å². The SMILES string of the molecule is CC(C)(C)OC(=O)N[C@@H](CCC[n+]1ccc(SCC2=C(C(=O)O)N3C(=O)[C@@H](NC(=O)CSc4cc(Cl)ccc4Cl)[C@H]3SC2)cc1)C(=O)O. The van der Waals surface area contributed by atoms with E-state index in [2.05, 4.69) is 10.6 Å². The van der Waals surface area contributed by atoms with Gasteiger partial charge in [-0.05, 0) is 51.0 Å². The largest absolute Gasteiger partial charge is 0.480 e. The Morgan fingerprint density at radius 3 is 2.48 bits per heavy atom.